The zero-order valence-corrected chi connectivity index (χ0v) is 12.8. The number of carbonyl (C=O) groups excluding carboxylic acids is 1. The van der Waals surface area contributed by atoms with Gasteiger partial charge in [0.05, 0.1) is 0 Å². The summed E-state index contributed by atoms with van der Waals surface area (Å²) in [5, 5.41) is 0. The molecule has 3 heteroatoms. The van der Waals surface area contributed by atoms with Crippen molar-refractivity contribution in [1.29, 1.82) is 0 Å². The SMILES string of the molecule is CC(C)c1ccc(N(C)C(=O)C2CCCC(N)C2)cc1. The third-order valence-corrected chi connectivity index (χ3v) is 4.34. The molecule has 2 unspecified atom stereocenters. The fourth-order valence-electron chi connectivity index (χ4n) is 2.94. The van der Waals surface area contributed by atoms with Gasteiger partial charge in [-0.15, -0.1) is 0 Å². The van der Waals surface area contributed by atoms with Crippen LogP contribution in [0.1, 0.15) is 51.0 Å². The lowest BCUT2D eigenvalue weighted by Gasteiger charge is -2.29. The number of anilines is 1. The lowest BCUT2D eigenvalue weighted by molar-refractivity contribution is -0.123. The average Bonchev–Trinajstić information content (AvgIpc) is 2.46. The summed E-state index contributed by atoms with van der Waals surface area (Å²) in [5.41, 5.74) is 8.26. The minimum atomic E-state index is 0.0912. The third kappa shape index (κ3) is 3.40. The van der Waals surface area contributed by atoms with Gasteiger partial charge in [0.15, 0.2) is 0 Å². The molecular formula is C17H26N2O. The molecule has 1 aromatic rings. The number of nitrogens with zero attached hydrogens (tertiary/aromatic N) is 1. The van der Waals surface area contributed by atoms with Crippen LogP contribution in [0.5, 0.6) is 0 Å². The molecule has 1 aromatic carbocycles. The molecule has 1 fully saturated rings. The largest absolute Gasteiger partial charge is 0.328 e. The van der Waals surface area contributed by atoms with Crippen molar-refractivity contribution in [2.24, 2.45) is 11.7 Å². The number of amides is 1. The highest BCUT2D eigenvalue weighted by atomic mass is 16.2. The predicted molar refractivity (Wildman–Crippen MR) is 83.9 cm³/mol. The Labute approximate surface area is 122 Å². The van der Waals surface area contributed by atoms with Gasteiger partial charge in [-0.2, -0.15) is 0 Å². The summed E-state index contributed by atoms with van der Waals surface area (Å²) in [4.78, 5) is 14.3. The molecule has 0 bridgehead atoms. The zero-order valence-electron chi connectivity index (χ0n) is 12.8. The van der Waals surface area contributed by atoms with E-state index in [4.69, 9.17) is 5.73 Å². The van der Waals surface area contributed by atoms with Gasteiger partial charge >= 0.3 is 0 Å². The molecule has 2 rings (SSSR count). The molecule has 0 aliphatic heterocycles. The van der Waals surface area contributed by atoms with E-state index in [-0.39, 0.29) is 17.9 Å². The molecule has 1 aliphatic rings. The molecule has 110 valence electrons. The number of hydrogen-bond donors (Lipinski definition) is 1. The van der Waals surface area contributed by atoms with Crippen molar-refractivity contribution in [3.05, 3.63) is 29.8 Å². The second-order valence-electron chi connectivity index (χ2n) is 6.27. The maximum atomic E-state index is 12.5. The molecule has 1 amide bonds. The van der Waals surface area contributed by atoms with E-state index in [0.29, 0.717) is 5.92 Å². The van der Waals surface area contributed by atoms with Crippen molar-refractivity contribution in [3.63, 3.8) is 0 Å². The Morgan fingerprint density at radius 2 is 1.90 bits per heavy atom. The number of carbonyl (C=O) groups is 1. The first-order valence-electron chi connectivity index (χ1n) is 7.62. The van der Waals surface area contributed by atoms with Gasteiger partial charge in [0.1, 0.15) is 0 Å². The van der Waals surface area contributed by atoms with Gasteiger partial charge in [0, 0.05) is 24.7 Å². The fourth-order valence-corrected chi connectivity index (χ4v) is 2.94. The van der Waals surface area contributed by atoms with E-state index in [0.717, 1.165) is 31.4 Å². The lowest BCUT2D eigenvalue weighted by Crippen LogP contribution is -2.38. The Bertz CT molecular complexity index is 453. The van der Waals surface area contributed by atoms with Crippen molar-refractivity contribution in [2.75, 3.05) is 11.9 Å². The third-order valence-electron chi connectivity index (χ3n) is 4.34. The van der Waals surface area contributed by atoms with Gasteiger partial charge in [-0.25, -0.2) is 0 Å². The Hall–Kier alpha value is -1.35. The lowest BCUT2D eigenvalue weighted by atomic mass is 9.85. The van der Waals surface area contributed by atoms with Crippen LogP contribution >= 0.6 is 0 Å². The fraction of sp³-hybridized carbons (Fsp3) is 0.588. The summed E-state index contributed by atoms with van der Waals surface area (Å²) in [7, 11) is 1.87. The Balaban J connectivity index is 2.06. The maximum absolute atomic E-state index is 12.5. The van der Waals surface area contributed by atoms with Crippen LogP contribution in [-0.4, -0.2) is 19.0 Å². The van der Waals surface area contributed by atoms with E-state index in [1.807, 2.05) is 19.2 Å². The van der Waals surface area contributed by atoms with Crippen LogP contribution in [0.2, 0.25) is 0 Å². The summed E-state index contributed by atoms with van der Waals surface area (Å²) >= 11 is 0. The van der Waals surface area contributed by atoms with E-state index >= 15 is 0 Å². The molecule has 1 aliphatic carbocycles. The molecule has 0 aromatic heterocycles. The number of nitrogens with two attached hydrogens (primary N) is 1. The van der Waals surface area contributed by atoms with E-state index in [9.17, 15) is 4.79 Å². The van der Waals surface area contributed by atoms with Crippen LogP contribution < -0.4 is 10.6 Å². The van der Waals surface area contributed by atoms with Crippen molar-refractivity contribution in [3.8, 4) is 0 Å². The normalized spacial score (nSPS) is 22.9. The molecule has 2 atom stereocenters. The second-order valence-corrected chi connectivity index (χ2v) is 6.27. The van der Waals surface area contributed by atoms with E-state index in [1.54, 1.807) is 4.90 Å². The Kier molecular flexibility index (Phi) is 4.81. The zero-order chi connectivity index (χ0) is 14.7. The van der Waals surface area contributed by atoms with Crippen LogP contribution in [0.15, 0.2) is 24.3 Å². The summed E-state index contributed by atoms with van der Waals surface area (Å²) in [6.45, 7) is 4.35. The van der Waals surface area contributed by atoms with Crippen LogP contribution in [0.25, 0.3) is 0 Å². The summed E-state index contributed by atoms with van der Waals surface area (Å²) in [5.74, 6) is 0.812. The van der Waals surface area contributed by atoms with Crippen molar-refractivity contribution < 1.29 is 4.79 Å². The number of rotatable bonds is 3. The van der Waals surface area contributed by atoms with Crippen molar-refractivity contribution in [1.82, 2.24) is 0 Å². The molecule has 0 heterocycles. The van der Waals surface area contributed by atoms with Crippen molar-refractivity contribution >= 4 is 11.6 Å². The Morgan fingerprint density at radius 1 is 1.25 bits per heavy atom. The minimum absolute atomic E-state index is 0.0912. The summed E-state index contributed by atoms with van der Waals surface area (Å²) < 4.78 is 0. The first-order valence-corrected chi connectivity index (χ1v) is 7.62. The van der Waals surface area contributed by atoms with Crippen LogP contribution in [0.3, 0.4) is 0 Å². The van der Waals surface area contributed by atoms with Crippen LogP contribution in [0.4, 0.5) is 5.69 Å². The Morgan fingerprint density at radius 3 is 2.45 bits per heavy atom. The molecule has 0 saturated heterocycles. The second kappa shape index (κ2) is 6.40. The topological polar surface area (TPSA) is 46.3 Å². The van der Waals surface area contributed by atoms with Gasteiger partial charge < -0.3 is 10.6 Å². The molecule has 0 spiro atoms. The minimum Gasteiger partial charge on any atom is -0.328 e. The maximum Gasteiger partial charge on any atom is 0.229 e. The van der Waals surface area contributed by atoms with Crippen LogP contribution in [0, 0.1) is 5.92 Å². The first kappa shape index (κ1) is 15.0. The molecular weight excluding hydrogens is 248 g/mol. The van der Waals surface area contributed by atoms with Gasteiger partial charge in [-0.1, -0.05) is 32.4 Å². The highest BCUT2D eigenvalue weighted by Gasteiger charge is 2.28. The van der Waals surface area contributed by atoms with Gasteiger partial charge in [-0.3, -0.25) is 4.79 Å². The summed E-state index contributed by atoms with van der Waals surface area (Å²) in [6, 6.07) is 8.48. The molecule has 0 radical (unpaired) electrons. The van der Waals surface area contributed by atoms with E-state index in [1.165, 1.54) is 5.56 Å². The molecule has 3 nitrogen and oxygen atoms in total. The quantitative estimate of drug-likeness (QED) is 0.919. The highest BCUT2D eigenvalue weighted by molar-refractivity contribution is 5.94. The molecule has 2 N–H and O–H groups in total. The molecule has 20 heavy (non-hydrogen) atoms. The number of hydrogen-bond acceptors (Lipinski definition) is 2. The monoisotopic (exact) mass is 274 g/mol. The van der Waals surface area contributed by atoms with Gasteiger partial charge in [0.2, 0.25) is 5.91 Å². The highest BCUT2D eigenvalue weighted by Crippen LogP contribution is 2.27. The van der Waals surface area contributed by atoms with E-state index in [2.05, 4.69) is 26.0 Å². The standard InChI is InChI=1S/C17H26N2O/c1-12(2)13-7-9-16(10-8-13)19(3)17(20)14-5-4-6-15(18)11-14/h7-10,12,14-15H,4-6,11,18H2,1-3H3. The molecule has 1 saturated carbocycles. The van der Waals surface area contributed by atoms with Crippen molar-refractivity contribution in [2.45, 2.75) is 51.5 Å². The predicted octanol–water partition coefficient (Wildman–Crippen LogP) is 3.29. The first-order chi connectivity index (χ1) is 9.49. The van der Waals surface area contributed by atoms with Crippen LogP contribution in [-0.2, 0) is 4.79 Å². The number of benzene rings is 1. The van der Waals surface area contributed by atoms with Gasteiger partial charge in [-0.05, 0) is 42.9 Å². The smallest absolute Gasteiger partial charge is 0.229 e. The summed E-state index contributed by atoms with van der Waals surface area (Å²) in [6.07, 6.45) is 3.92. The average molecular weight is 274 g/mol. The van der Waals surface area contributed by atoms with E-state index < -0.39 is 0 Å². The van der Waals surface area contributed by atoms with Gasteiger partial charge in [0.25, 0.3) is 0 Å².